The van der Waals surface area contributed by atoms with Crippen LogP contribution >= 0.6 is 22.6 Å². The molecule has 0 heterocycles. The van der Waals surface area contributed by atoms with Crippen LogP contribution in [-0.2, 0) is 9.53 Å². The summed E-state index contributed by atoms with van der Waals surface area (Å²) in [5.41, 5.74) is -0.713. The minimum Gasteiger partial charge on any atom is -0.444 e. The molecule has 6 heteroatoms. The molecule has 0 spiro atoms. The largest absolute Gasteiger partial charge is 0.444 e. The molecule has 0 atom stereocenters. The van der Waals surface area contributed by atoms with E-state index < -0.39 is 17.2 Å². The molecule has 1 fully saturated rings. The van der Waals surface area contributed by atoms with E-state index in [9.17, 15) is 9.59 Å². The molecule has 120 valence electrons. The maximum absolute atomic E-state index is 12.5. The van der Waals surface area contributed by atoms with Crippen LogP contribution in [0.15, 0.2) is 24.3 Å². The number of alkyl carbamates (subject to hydrolysis) is 1. The van der Waals surface area contributed by atoms with E-state index >= 15 is 0 Å². The van der Waals surface area contributed by atoms with Gasteiger partial charge in [-0.05, 0) is 86.9 Å². The Morgan fingerprint density at radius 3 is 2.23 bits per heavy atom. The molecule has 2 amide bonds. The van der Waals surface area contributed by atoms with Crippen molar-refractivity contribution in [2.45, 2.75) is 51.2 Å². The summed E-state index contributed by atoms with van der Waals surface area (Å²) in [7, 11) is 0. The number of nitrogens with one attached hydrogen (secondary N) is 2. The smallest absolute Gasteiger partial charge is 0.408 e. The van der Waals surface area contributed by atoms with Gasteiger partial charge in [0, 0.05) is 9.26 Å². The van der Waals surface area contributed by atoms with Gasteiger partial charge >= 0.3 is 6.09 Å². The van der Waals surface area contributed by atoms with Gasteiger partial charge < -0.3 is 15.4 Å². The van der Waals surface area contributed by atoms with Gasteiger partial charge in [-0.1, -0.05) is 0 Å². The van der Waals surface area contributed by atoms with E-state index in [2.05, 4.69) is 33.2 Å². The molecule has 22 heavy (non-hydrogen) atoms. The van der Waals surface area contributed by atoms with Crippen molar-refractivity contribution in [1.29, 1.82) is 0 Å². The fourth-order valence-corrected chi connectivity index (χ4v) is 2.58. The van der Waals surface area contributed by atoms with Gasteiger partial charge in [0.2, 0.25) is 5.91 Å². The summed E-state index contributed by atoms with van der Waals surface area (Å²) in [5, 5.41) is 5.61. The summed E-state index contributed by atoms with van der Waals surface area (Å²) >= 11 is 2.21. The zero-order chi connectivity index (χ0) is 16.4. The first-order chi connectivity index (χ1) is 10.2. The number of halogens is 1. The number of hydrogen-bond acceptors (Lipinski definition) is 3. The van der Waals surface area contributed by atoms with Gasteiger partial charge in [0.15, 0.2) is 0 Å². The van der Waals surface area contributed by atoms with Crippen LogP contribution in [0.5, 0.6) is 0 Å². The maximum atomic E-state index is 12.5. The first kappa shape index (κ1) is 17.1. The summed E-state index contributed by atoms with van der Waals surface area (Å²) in [4.78, 5) is 24.5. The second-order valence-corrected chi connectivity index (χ2v) is 7.77. The number of anilines is 1. The quantitative estimate of drug-likeness (QED) is 0.739. The third-order valence-corrected chi connectivity index (χ3v) is 4.20. The molecule has 5 nitrogen and oxygen atoms in total. The van der Waals surface area contributed by atoms with E-state index in [1.54, 1.807) is 20.8 Å². The van der Waals surface area contributed by atoms with Crippen LogP contribution in [-0.4, -0.2) is 23.1 Å². The van der Waals surface area contributed by atoms with Gasteiger partial charge in [0.1, 0.15) is 11.1 Å². The van der Waals surface area contributed by atoms with Crippen molar-refractivity contribution < 1.29 is 14.3 Å². The Hall–Kier alpha value is -1.31. The van der Waals surface area contributed by atoms with E-state index in [1.807, 2.05) is 24.3 Å². The first-order valence-corrected chi connectivity index (χ1v) is 8.36. The Bertz CT molecular complexity index is 560. The van der Waals surface area contributed by atoms with E-state index in [-0.39, 0.29) is 5.91 Å². The molecule has 1 aromatic rings. The first-order valence-electron chi connectivity index (χ1n) is 7.28. The molecule has 0 bridgehead atoms. The number of hydrogen-bond donors (Lipinski definition) is 2. The van der Waals surface area contributed by atoms with Crippen molar-refractivity contribution in [1.82, 2.24) is 5.32 Å². The van der Waals surface area contributed by atoms with Crippen LogP contribution in [0.1, 0.15) is 40.0 Å². The number of carbonyl (C=O) groups is 2. The molecular weight excluding hydrogens is 395 g/mol. The Morgan fingerprint density at radius 1 is 1.18 bits per heavy atom. The van der Waals surface area contributed by atoms with Crippen LogP contribution < -0.4 is 10.6 Å². The molecular formula is C16H21IN2O3. The molecule has 0 radical (unpaired) electrons. The topological polar surface area (TPSA) is 67.4 Å². The molecule has 0 unspecified atom stereocenters. The zero-order valence-corrected chi connectivity index (χ0v) is 15.2. The lowest BCUT2D eigenvalue weighted by Gasteiger charge is -2.40. The van der Waals surface area contributed by atoms with Gasteiger partial charge in [-0.15, -0.1) is 0 Å². The summed E-state index contributed by atoms with van der Waals surface area (Å²) in [6, 6.07) is 7.54. The molecule has 0 aliphatic heterocycles. The minimum atomic E-state index is -0.856. The lowest BCUT2D eigenvalue weighted by atomic mass is 9.76. The van der Waals surface area contributed by atoms with Crippen LogP contribution in [0.3, 0.4) is 0 Å². The number of benzene rings is 1. The second kappa shape index (κ2) is 6.44. The monoisotopic (exact) mass is 416 g/mol. The predicted octanol–water partition coefficient (Wildman–Crippen LogP) is 3.68. The van der Waals surface area contributed by atoms with Crippen molar-refractivity contribution in [3.63, 3.8) is 0 Å². The normalized spacial score (nSPS) is 16.4. The van der Waals surface area contributed by atoms with Crippen LogP contribution in [0.2, 0.25) is 0 Å². The maximum Gasteiger partial charge on any atom is 0.408 e. The van der Waals surface area contributed by atoms with Crippen molar-refractivity contribution in [2.75, 3.05) is 5.32 Å². The molecule has 2 rings (SSSR count). The summed E-state index contributed by atoms with van der Waals surface area (Å²) in [6.45, 7) is 5.39. The highest BCUT2D eigenvalue weighted by molar-refractivity contribution is 14.1. The number of carbonyl (C=O) groups excluding carboxylic acids is 2. The van der Waals surface area contributed by atoms with E-state index in [0.29, 0.717) is 12.8 Å². The summed E-state index contributed by atoms with van der Waals surface area (Å²) < 4.78 is 6.35. The van der Waals surface area contributed by atoms with Crippen molar-refractivity contribution >= 4 is 40.3 Å². The Balaban J connectivity index is 2.01. The third-order valence-electron chi connectivity index (χ3n) is 3.48. The average Bonchev–Trinajstić information content (AvgIpc) is 2.34. The SMILES string of the molecule is CC(C)(C)OC(=O)NC1(C(=O)Nc2ccc(I)cc2)CCC1. The van der Waals surface area contributed by atoms with Gasteiger partial charge in [0.05, 0.1) is 0 Å². The van der Waals surface area contributed by atoms with Gasteiger partial charge in [-0.25, -0.2) is 4.79 Å². The van der Waals surface area contributed by atoms with Crippen molar-refractivity contribution in [2.24, 2.45) is 0 Å². The van der Waals surface area contributed by atoms with Crippen LogP contribution in [0.4, 0.5) is 10.5 Å². The second-order valence-electron chi connectivity index (χ2n) is 6.52. The fraction of sp³-hybridized carbons (Fsp3) is 0.500. The third kappa shape index (κ3) is 4.34. The lowest BCUT2D eigenvalue weighted by Crippen LogP contribution is -2.61. The van der Waals surface area contributed by atoms with E-state index in [0.717, 1.165) is 15.7 Å². The fourth-order valence-electron chi connectivity index (χ4n) is 2.22. The number of rotatable bonds is 3. The zero-order valence-electron chi connectivity index (χ0n) is 13.0. The van der Waals surface area contributed by atoms with Crippen LogP contribution in [0.25, 0.3) is 0 Å². The van der Waals surface area contributed by atoms with Crippen molar-refractivity contribution in [3.8, 4) is 0 Å². The standard InChI is InChI=1S/C16H21IN2O3/c1-15(2,3)22-14(21)19-16(9-4-10-16)13(20)18-12-7-5-11(17)6-8-12/h5-8H,4,9-10H2,1-3H3,(H,18,20)(H,19,21). The average molecular weight is 416 g/mol. The van der Waals surface area contributed by atoms with Gasteiger partial charge in [0.25, 0.3) is 0 Å². The molecule has 2 N–H and O–H groups in total. The molecule has 1 aromatic carbocycles. The van der Waals surface area contributed by atoms with Crippen molar-refractivity contribution in [3.05, 3.63) is 27.8 Å². The highest BCUT2D eigenvalue weighted by Gasteiger charge is 2.46. The predicted molar refractivity (Wildman–Crippen MR) is 93.7 cm³/mol. The molecule has 1 aliphatic rings. The van der Waals surface area contributed by atoms with E-state index in [4.69, 9.17) is 4.74 Å². The minimum absolute atomic E-state index is 0.189. The summed E-state index contributed by atoms with van der Waals surface area (Å²) in [6.07, 6.45) is 1.62. The number of ether oxygens (including phenoxy) is 1. The molecule has 1 saturated carbocycles. The Morgan fingerprint density at radius 2 is 1.77 bits per heavy atom. The highest BCUT2D eigenvalue weighted by Crippen LogP contribution is 2.33. The Kier molecular flexibility index (Phi) is 4.99. The molecule has 0 aromatic heterocycles. The number of amides is 2. The van der Waals surface area contributed by atoms with E-state index in [1.165, 1.54) is 0 Å². The van der Waals surface area contributed by atoms with Crippen LogP contribution in [0, 0.1) is 3.57 Å². The molecule has 0 saturated heterocycles. The highest BCUT2D eigenvalue weighted by atomic mass is 127. The lowest BCUT2D eigenvalue weighted by molar-refractivity contribution is -0.125. The Labute approximate surface area is 144 Å². The molecule has 1 aliphatic carbocycles. The van der Waals surface area contributed by atoms with Gasteiger partial charge in [-0.3, -0.25) is 4.79 Å². The summed E-state index contributed by atoms with van der Waals surface area (Å²) in [5.74, 6) is -0.189. The van der Waals surface area contributed by atoms with Gasteiger partial charge in [-0.2, -0.15) is 0 Å².